The Hall–Kier alpha value is -2.98. The molecule has 0 spiro atoms. The van der Waals surface area contributed by atoms with Crippen LogP contribution in [0.5, 0.6) is 0 Å². The summed E-state index contributed by atoms with van der Waals surface area (Å²) >= 11 is 3.43. The molecule has 0 saturated carbocycles. The molecule has 0 aliphatic carbocycles. The quantitative estimate of drug-likeness (QED) is 0.357. The van der Waals surface area contributed by atoms with E-state index in [1.54, 1.807) is 6.21 Å². The molecule has 0 radical (unpaired) electrons. The van der Waals surface area contributed by atoms with Gasteiger partial charge in [-0.1, -0.05) is 46.3 Å². The number of allylic oxidation sites excluding steroid dienone is 1. The average molecular weight is 403 g/mol. The predicted octanol–water partition coefficient (Wildman–Crippen LogP) is 6.67. The van der Waals surface area contributed by atoms with Crippen molar-refractivity contribution < 1.29 is 4.42 Å². The van der Waals surface area contributed by atoms with Crippen molar-refractivity contribution in [2.45, 2.75) is 0 Å². The van der Waals surface area contributed by atoms with Crippen molar-refractivity contribution in [2.24, 2.45) is 4.99 Å². The van der Waals surface area contributed by atoms with Gasteiger partial charge in [0.15, 0.2) is 5.58 Å². The van der Waals surface area contributed by atoms with Crippen LogP contribution in [0.1, 0.15) is 5.56 Å². The molecule has 0 fully saturated rings. The molecule has 1 aromatic heterocycles. The number of hydrogen-bond acceptors (Lipinski definition) is 3. The summed E-state index contributed by atoms with van der Waals surface area (Å²) in [6, 6.07) is 23.7. The molecule has 0 aliphatic heterocycles. The highest BCUT2D eigenvalue weighted by Crippen LogP contribution is 2.25. The second kappa shape index (κ2) is 7.50. The molecule has 1 heterocycles. The normalized spacial score (nSPS) is 11.7. The molecule has 0 aliphatic rings. The van der Waals surface area contributed by atoms with E-state index in [9.17, 15) is 0 Å². The van der Waals surface area contributed by atoms with Crippen molar-refractivity contribution in [3.63, 3.8) is 0 Å². The lowest BCUT2D eigenvalue weighted by molar-refractivity contribution is 0.620. The first kappa shape index (κ1) is 16.5. The highest BCUT2D eigenvalue weighted by molar-refractivity contribution is 9.10. The van der Waals surface area contributed by atoms with Crippen molar-refractivity contribution in [3.05, 3.63) is 88.9 Å². The third kappa shape index (κ3) is 3.81. The highest BCUT2D eigenvalue weighted by atomic mass is 79.9. The Balaban J connectivity index is 1.46. The third-order valence-electron chi connectivity index (χ3n) is 3.88. The molecule has 4 aromatic rings. The van der Waals surface area contributed by atoms with E-state index in [0.717, 1.165) is 32.4 Å². The fourth-order valence-electron chi connectivity index (χ4n) is 2.54. The van der Waals surface area contributed by atoms with Crippen LogP contribution in [0.15, 0.2) is 92.8 Å². The number of oxazole rings is 1. The van der Waals surface area contributed by atoms with Crippen LogP contribution in [0.25, 0.3) is 28.6 Å². The molecule has 4 rings (SSSR count). The molecule has 26 heavy (non-hydrogen) atoms. The van der Waals surface area contributed by atoms with Crippen LogP contribution in [-0.2, 0) is 0 Å². The first-order valence-corrected chi connectivity index (χ1v) is 8.99. The van der Waals surface area contributed by atoms with E-state index in [0.29, 0.717) is 5.89 Å². The van der Waals surface area contributed by atoms with Crippen LogP contribution in [0, 0.1) is 0 Å². The van der Waals surface area contributed by atoms with Gasteiger partial charge in [-0.15, -0.1) is 0 Å². The molecule has 3 nitrogen and oxygen atoms in total. The molecule has 0 amide bonds. The van der Waals surface area contributed by atoms with E-state index in [1.807, 2.05) is 84.9 Å². The lowest BCUT2D eigenvalue weighted by Gasteiger charge is -1.96. The van der Waals surface area contributed by atoms with Crippen LogP contribution >= 0.6 is 15.9 Å². The Morgan fingerprint density at radius 3 is 2.42 bits per heavy atom. The summed E-state index contributed by atoms with van der Waals surface area (Å²) in [6.07, 6.45) is 5.73. The number of nitrogens with zero attached hydrogens (tertiary/aromatic N) is 2. The van der Waals surface area contributed by atoms with Crippen LogP contribution in [0.4, 0.5) is 5.69 Å². The second-order valence-electron chi connectivity index (χ2n) is 5.72. The van der Waals surface area contributed by atoms with E-state index >= 15 is 0 Å². The molecule has 3 aromatic carbocycles. The number of aliphatic imine (C=N–C) groups is 1. The second-order valence-corrected chi connectivity index (χ2v) is 6.64. The Bertz CT molecular complexity index is 1040. The summed E-state index contributed by atoms with van der Waals surface area (Å²) in [7, 11) is 0. The summed E-state index contributed by atoms with van der Waals surface area (Å²) in [5.74, 6) is 0.622. The lowest BCUT2D eigenvalue weighted by atomic mass is 10.2. The summed E-state index contributed by atoms with van der Waals surface area (Å²) < 4.78 is 6.86. The van der Waals surface area contributed by atoms with Crippen LogP contribution in [0.3, 0.4) is 0 Å². The van der Waals surface area contributed by atoms with Gasteiger partial charge in [0.2, 0.25) is 5.89 Å². The molecule has 0 bridgehead atoms. The Kier molecular flexibility index (Phi) is 4.75. The molecule has 126 valence electrons. The summed E-state index contributed by atoms with van der Waals surface area (Å²) in [5.41, 5.74) is 4.60. The maximum atomic E-state index is 5.79. The van der Waals surface area contributed by atoms with Gasteiger partial charge in [0.25, 0.3) is 0 Å². The maximum Gasteiger partial charge on any atom is 0.227 e. The number of hydrogen-bond donors (Lipinski definition) is 0. The molecule has 0 N–H and O–H groups in total. The van der Waals surface area contributed by atoms with Gasteiger partial charge < -0.3 is 4.42 Å². The predicted molar refractivity (Wildman–Crippen MR) is 111 cm³/mol. The third-order valence-corrected chi connectivity index (χ3v) is 4.41. The Morgan fingerprint density at radius 1 is 0.885 bits per heavy atom. The minimum Gasteiger partial charge on any atom is -0.436 e. The molecule has 4 heteroatoms. The van der Waals surface area contributed by atoms with Crippen molar-refractivity contribution in [3.8, 4) is 11.5 Å². The smallest absolute Gasteiger partial charge is 0.227 e. The van der Waals surface area contributed by atoms with Gasteiger partial charge in [-0.3, -0.25) is 4.99 Å². The van der Waals surface area contributed by atoms with Crippen LogP contribution in [-0.4, -0.2) is 11.2 Å². The number of benzene rings is 3. The highest BCUT2D eigenvalue weighted by Gasteiger charge is 2.07. The van der Waals surface area contributed by atoms with Gasteiger partial charge in [0.1, 0.15) is 5.52 Å². The lowest BCUT2D eigenvalue weighted by Crippen LogP contribution is -1.76. The topological polar surface area (TPSA) is 38.4 Å². The fraction of sp³-hybridized carbons (Fsp3) is 0. The summed E-state index contributed by atoms with van der Waals surface area (Å²) in [5, 5.41) is 0. The van der Waals surface area contributed by atoms with Crippen LogP contribution in [0.2, 0.25) is 0 Å². The van der Waals surface area contributed by atoms with Gasteiger partial charge in [0.05, 0.1) is 5.69 Å². The van der Waals surface area contributed by atoms with Gasteiger partial charge in [-0.2, -0.15) is 0 Å². The number of para-hydroxylation sites is 2. The van der Waals surface area contributed by atoms with Crippen molar-refractivity contribution in [1.29, 1.82) is 0 Å². The Labute approximate surface area is 159 Å². The summed E-state index contributed by atoms with van der Waals surface area (Å²) in [6.45, 7) is 0. The number of halogens is 1. The maximum absolute atomic E-state index is 5.79. The molecular formula is C22H15BrN2O. The summed E-state index contributed by atoms with van der Waals surface area (Å²) in [4.78, 5) is 8.95. The molecule has 0 unspecified atom stereocenters. The van der Waals surface area contributed by atoms with Crippen molar-refractivity contribution in [2.75, 3.05) is 0 Å². The first-order valence-electron chi connectivity index (χ1n) is 8.20. The standard InChI is InChI=1S/C22H15BrN2O/c23-18-11-7-16(8-12-18)4-3-15-24-19-13-9-17(10-14-19)22-25-20-5-1-2-6-21(20)26-22/h1-15H/b4-3+,24-15?. The van der Waals surface area contributed by atoms with E-state index in [-0.39, 0.29) is 0 Å². The largest absolute Gasteiger partial charge is 0.436 e. The SMILES string of the molecule is Brc1ccc(/C=C/C=Nc2ccc(-c3nc4ccccc4o3)cc2)cc1. The monoisotopic (exact) mass is 402 g/mol. The van der Waals surface area contributed by atoms with Gasteiger partial charge in [-0.05, 0) is 60.2 Å². The van der Waals surface area contributed by atoms with E-state index in [2.05, 4.69) is 25.9 Å². The molecular weight excluding hydrogens is 388 g/mol. The molecule has 0 atom stereocenters. The van der Waals surface area contributed by atoms with E-state index in [1.165, 1.54) is 0 Å². The van der Waals surface area contributed by atoms with Crippen molar-refractivity contribution in [1.82, 2.24) is 4.98 Å². The number of rotatable bonds is 4. The van der Waals surface area contributed by atoms with Gasteiger partial charge >= 0.3 is 0 Å². The minimum absolute atomic E-state index is 0.622. The fourth-order valence-corrected chi connectivity index (χ4v) is 2.81. The molecule has 0 saturated heterocycles. The number of aromatic nitrogens is 1. The minimum atomic E-state index is 0.622. The zero-order valence-corrected chi connectivity index (χ0v) is 15.4. The zero-order valence-electron chi connectivity index (χ0n) is 13.8. The van der Waals surface area contributed by atoms with Crippen molar-refractivity contribution >= 4 is 45.0 Å². The Morgan fingerprint density at radius 2 is 1.65 bits per heavy atom. The average Bonchev–Trinajstić information content (AvgIpc) is 3.11. The zero-order chi connectivity index (χ0) is 17.8. The van der Waals surface area contributed by atoms with Gasteiger partial charge in [-0.25, -0.2) is 4.98 Å². The first-order chi connectivity index (χ1) is 12.8. The van der Waals surface area contributed by atoms with E-state index in [4.69, 9.17) is 4.42 Å². The van der Waals surface area contributed by atoms with Gasteiger partial charge in [0, 0.05) is 16.3 Å². The number of fused-ring (bicyclic) bond motifs is 1. The van der Waals surface area contributed by atoms with E-state index < -0.39 is 0 Å². The van der Waals surface area contributed by atoms with Crippen LogP contribution < -0.4 is 0 Å².